The van der Waals surface area contributed by atoms with Crippen molar-refractivity contribution in [1.82, 2.24) is 0 Å². The van der Waals surface area contributed by atoms with Gasteiger partial charge in [-0.15, -0.1) is 0 Å². The molecule has 0 radical (unpaired) electrons. The summed E-state index contributed by atoms with van der Waals surface area (Å²) < 4.78 is 39.6. The molecule has 0 aliphatic heterocycles. The van der Waals surface area contributed by atoms with Crippen molar-refractivity contribution in [1.29, 1.82) is 0 Å². The van der Waals surface area contributed by atoms with E-state index in [4.69, 9.17) is 11.6 Å². The van der Waals surface area contributed by atoms with E-state index in [9.17, 15) is 33.3 Å². The molecule has 132 valence electrons. The smallest absolute Gasteiger partial charge is 0.416 e. The van der Waals surface area contributed by atoms with Gasteiger partial charge in [0.05, 0.1) is 5.56 Å². The Balaban J connectivity index is 1.93. The van der Waals surface area contributed by atoms with Crippen LogP contribution in [0.2, 0.25) is 5.02 Å². The fraction of sp³-hybridized carbons (Fsp3) is 0.235. The van der Waals surface area contributed by atoms with Crippen molar-refractivity contribution in [2.24, 2.45) is 5.92 Å². The second kappa shape index (κ2) is 5.84. The predicted molar refractivity (Wildman–Crippen MR) is 83.1 cm³/mol. The monoisotopic (exact) mass is 372 g/mol. The zero-order valence-electron chi connectivity index (χ0n) is 12.5. The van der Waals surface area contributed by atoms with E-state index in [1.54, 1.807) is 0 Å². The highest BCUT2D eigenvalue weighted by Crippen LogP contribution is 2.54. The largest absolute Gasteiger partial charge is 0.508 e. The average Bonchev–Trinajstić information content (AvgIpc) is 3.25. The SMILES string of the molecule is O=C(c1c(O)cc(O)cc1O)C1CC1c1ccc(Cl)cc1C(F)(F)F. The average molecular weight is 373 g/mol. The van der Waals surface area contributed by atoms with Crippen molar-refractivity contribution < 1.29 is 33.3 Å². The molecule has 0 heterocycles. The molecule has 0 amide bonds. The van der Waals surface area contributed by atoms with Crippen molar-refractivity contribution in [3.05, 3.63) is 52.0 Å². The highest BCUT2D eigenvalue weighted by molar-refractivity contribution is 6.30. The molecule has 0 saturated heterocycles. The number of rotatable bonds is 3. The number of ketones is 1. The third-order valence-corrected chi connectivity index (χ3v) is 4.41. The van der Waals surface area contributed by atoms with E-state index in [-0.39, 0.29) is 17.0 Å². The summed E-state index contributed by atoms with van der Waals surface area (Å²) in [7, 11) is 0. The van der Waals surface area contributed by atoms with Gasteiger partial charge in [0, 0.05) is 23.1 Å². The topological polar surface area (TPSA) is 77.8 Å². The summed E-state index contributed by atoms with van der Waals surface area (Å²) in [4.78, 5) is 12.5. The Bertz CT molecular complexity index is 840. The van der Waals surface area contributed by atoms with Crippen LogP contribution in [0.5, 0.6) is 17.2 Å². The number of Topliss-reactive ketones (excluding diaryl/α,β-unsaturated/α-hetero) is 1. The van der Waals surface area contributed by atoms with Gasteiger partial charge in [0.2, 0.25) is 0 Å². The number of halogens is 4. The first-order chi connectivity index (χ1) is 11.6. The molecular weight excluding hydrogens is 361 g/mol. The predicted octanol–water partition coefficient (Wildman–Crippen LogP) is 4.46. The first kappa shape index (κ1) is 17.4. The Morgan fingerprint density at radius 3 is 2.24 bits per heavy atom. The van der Waals surface area contributed by atoms with Crippen molar-refractivity contribution in [2.45, 2.75) is 18.5 Å². The van der Waals surface area contributed by atoms with Crippen LogP contribution in [-0.4, -0.2) is 21.1 Å². The van der Waals surface area contributed by atoms with E-state index < -0.39 is 52.2 Å². The van der Waals surface area contributed by atoms with Crippen LogP contribution in [0.3, 0.4) is 0 Å². The van der Waals surface area contributed by atoms with Gasteiger partial charge >= 0.3 is 6.18 Å². The molecule has 2 aromatic rings. The van der Waals surface area contributed by atoms with Gasteiger partial charge in [-0.3, -0.25) is 4.79 Å². The molecule has 8 heteroatoms. The molecule has 0 bridgehead atoms. The molecular formula is C17H12ClF3O4. The third kappa shape index (κ3) is 3.24. The van der Waals surface area contributed by atoms with Gasteiger partial charge in [0.15, 0.2) is 5.78 Å². The maximum Gasteiger partial charge on any atom is 0.416 e. The minimum Gasteiger partial charge on any atom is -0.508 e. The Hall–Kier alpha value is -2.41. The Morgan fingerprint density at radius 1 is 1.08 bits per heavy atom. The lowest BCUT2D eigenvalue weighted by molar-refractivity contribution is -0.138. The van der Waals surface area contributed by atoms with Gasteiger partial charge in [-0.2, -0.15) is 13.2 Å². The number of benzene rings is 2. The minimum absolute atomic E-state index is 0.0481. The summed E-state index contributed by atoms with van der Waals surface area (Å²) in [5, 5.41) is 28.7. The van der Waals surface area contributed by atoms with Crippen LogP contribution in [0.25, 0.3) is 0 Å². The summed E-state index contributed by atoms with van der Waals surface area (Å²) in [6.07, 6.45) is -4.46. The maximum absolute atomic E-state index is 13.2. The van der Waals surface area contributed by atoms with E-state index in [0.29, 0.717) is 0 Å². The standard InChI is InChI=1S/C17H12ClF3O4/c18-7-1-2-9(12(3-7)17(19,20)21)10-6-11(10)16(25)15-13(23)4-8(22)5-14(15)24/h1-5,10-11,22-24H,6H2. The zero-order chi connectivity index (χ0) is 18.5. The highest BCUT2D eigenvalue weighted by Gasteiger charge is 2.49. The number of aromatic hydroxyl groups is 3. The Morgan fingerprint density at radius 2 is 1.68 bits per heavy atom. The number of phenols is 3. The van der Waals surface area contributed by atoms with Gasteiger partial charge in [0.1, 0.15) is 22.8 Å². The Kier molecular flexibility index (Phi) is 4.07. The zero-order valence-corrected chi connectivity index (χ0v) is 13.3. The van der Waals surface area contributed by atoms with E-state index in [1.807, 2.05) is 0 Å². The quantitative estimate of drug-likeness (QED) is 0.695. The number of phenolic OH excluding ortho intramolecular Hbond substituents is 3. The summed E-state index contributed by atoms with van der Waals surface area (Å²) in [5.41, 5.74) is -1.36. The van der Waals surface area contributed by atoms with Gasteiger partial charge in [-0.1, -0.05) is 17.7 Å². The van der Waals surface area contributed by atoms with Gasteiger partial charge in [0.25, 0.3) is 0 Å². The van der Waals surface area contributed by atoms with Gasteiger partial charge in [-0.05, 0) is 30.0 Å². The van der Waals surface area contributed by atoms with E-state index in [0.717, 1.165) is 18.2 Å². The fourth-order valence-electron chi connectivity index (χ4n) is 2.96. The first-order valence-electron chi connectivity index (χ1n) is 7.25. The minimum atomic E-state index is -4.61. The van der Waals surface area contributed by atoms with Crippen molar-refractivity contribution >= 4 is 17.4 Å². The first-order valence-corrected chi connectivity index (χ1v) is 7.63. The van der Waals surface area contributed by atoms with Gasteiger partial charge < -0.3 is 15.3 Å². The third-order valence-electron chi connectivity index (χ3n) is 4.18. The molecule has 1 fully saturated rings. The number of carbonyl (C=O) groups excluding carboxylic acids is 1. The number of carbonyl (C=O) groups is 1. The number of alkyl halides is 3. The molecule has 0 aromatic heterocycles. The van der Waals surface area contributed by atoms with Crippen molar-refractivity contribution in [3.63, 3.8) is 0 Å². The van der Waals surface area contributed by atoms with Crippen LogP contribution in [0, 0.1) is 5.92 Å². The van der Waals surface area contributed by atoms with Crippen LogP contribution < -0.4 is 0 Å². The lowest BCUT2D eigenvalue weighted by Crippen LogP contribution is -2.10. The number of hydrogen-bond donors (Lipinski definition) is 3. The molecule has 4 nitrogen and oxygen atoms in total. The second-order valence-corrected chi connectivity index (χ2v) is 6.34. The Labute approximate surface area is 145 Å². The number of hydrogen-bond acceptors (Lipinski definition) is 4. The summed E-state index contributed by atoms with van der Waals surface area (Å²) >= 11 is 5.64. The molecule has 25 heavy (non-hydrogen) atoms. The van der Waals surface area contributed by atoms with E-state index in [1.165, 1.54) is 12.1 Å². The van der Waals surface area contributed by atoms with Crippen LogP contribution in [0.1, 0.15) is 33.8 Å². The lowest BCUT2D eigenvalue weighted by atomic mass is 9.97. The van der Waals surface area contributed by atoms with Crippen LogP contribution >= 0.6 is 11.6 Å². The lowest BCUT2D eigenvalue weighted by Gasteiger charge is -2.13. The molecule has 2 unspecified atom stereocenters. The van der Waals surface area contributed by atoms with Crippen LogP contribution in [0.4, 0.5) is 13.2 Å². The fourth-order valence-corrected chi connectivity index (χ4v) is 3.13. The molecule has 1 aliphatic rings. The van der Waals surface area contributed by atoms with E-state index in [2.05, 4.69) is 0 Å². The molecule has 0 spiro atoms. The normalized spacial score (nSPS) is 19.7. The molecule has 2 atom stereocenters. The van der Waals surface area contributed by atoms with Gasteiger partial charge in [-0.25, -0.2) is 0 Å². The van der Waals surface area contributed by atoms with E-state index >= 15 is 0 Å². The van der Waals surface area contributed by atoms with Crippen molar-refractivity contribution in [2.75, 3.05) is 0 Å². The molecule has 1 saturated carbocycles. The summed E-state index contributed by atoms with van der Waals surface area (Å²) in [6.45, 7) is 0. The summed E-state index contributed by atoms with van der Waals surface area (Å²) in [5.74, 6) is -3.85. The molecule has 2 aromatic carbocycles. The molecule has 1 aliphatic carbocycles. The highest BCUT2D eigenvalue weighted by atomic mass is 35.5. The van der Waals surface area contributed by atoms with Crippen molar-refractivity contribution in [3.8, 4) is 17.2 Å². The molecule has 3 rings (SSSR count). The van der Waals surface area contributed by atoms with Crippen LogP contribution in [0.15, 0.2) is 30.3 Å². The molecule has 3 N–H and O–H groups in total. The second-order valence-electron chi connectivity index (χ2n) is 5.90. The maximum atomic E-state index is 13.2. The summed E-state index contributed by atoms with van der Waals surface area (Å²) in [6, 6.07) is 5.13. The van der Waals surface area contributed by atoms with Crippen LogP contribution in [-0.2, 0) is 6.18 Å².